The van der Waals surface area contributed by atoms with Crippen LogP contribution in [0.5, 0.6) is 0 Å². The van der Waals surface area contributed by atoms with Gasteiger partial charge in [0, 0.05) is 55.8 Å². The zero-order chi connectivity index (χ0) is 29.4. The van der Waals surface area contributed by atoms with Crippen LogP contribution in [0, 0.1) is 11.3 Å². The van der Waals surface area contributed by atoms with E-state index in [-0.39, 0.29) is 24.2 Å². The number of carbonyl (C=O) groups is 3. The maximum Gasteiger partial charge on any atom is 0.315 e. The lowest BCUT2D eigenvalue weighted by atomic mass is 9.63. The third-order valence-corrected chi connectivity index (χ3v) is 9.09. The van der Waals surface area contributed by atoms with Gasteiger partial charge in [0.15, 0.2) is 0 Å². The summed E-state index contributed by atoms with van der Waals surface area (Å²) in [4.78, 5) is 46.1. The number of rotatable bonds is 10. The number of aryl methyl sites for hydroxylation is 1. The highest BCUT2D eigenvalue weighted by Crippen LogP contribution is 2.47. The summed E-state index contributed by atoms with van der Waals surface area (Å²) in [7, 11) is 1.89. The molecule has 2 aromatic rings. The van der Waals surface area contributed by atoms with Gasteiger partial charge < -0.3 is 24.8 Å². The third kappa shape index (κ3) is 7.95. The number of benzene rings is 1. The summed E-state index contributed by atoms with van der Waals surface area (Å²) in [5.74, 6) is -0.0508. The molecule has 1 aromatic carbocycles. The smallest absolute Gasteiger partial charge is 0.315 e. The van der Waals surface area contributed by atoms with Crippen LogP contribution in [-0.2, 0) is 34.2 Å². The van der Waals surface area contributed by atoms with E-state index < -0.39 is 17.5 Å². The molecule has 2 heterocycles. The van der Waals surface area contributed by atoms with E-state index in [4.69, 9.17) is 27.9 Å². The number of aromatic nitrogens is 2. The van der Waals surface area contributed by atoms with Crippen molar-refractivity contribution in [3.05, 3.63) is 52.0 Å². The maximum absolute atomic E-state index is 13.9. The van der Waals surface area contributed by atoms with Gasteiger partial charge in [-0.05, 0) is 56.2 Å². The van der Waals surface area contributed by atoms with Gasteiger partial charge in [0.05, 0.1) is 24.0 Å². The Kier molecular flexibility index (Phi) is 10.9. The monoisotopic (exact) mass is 605 g/mol. The quantitative estimate of drug-likeness (QED) is 0.373. The lowest BCUT2D eigenvalue weighted by Gasteiger charge is -2.46. The van der Waals surface area contributed by atoms with Crippen molar-refractivity contribution in [2.45, 2.75) is 70.8 Å². The van der Waals surface area contributed by atoms with Gasteiger partial charge in [0.1, 0.15) is 6.04 Å². The van der Waals surface area contributed by atoms with E-state index in [1.54, 1.807) is 29.4 Å². The Morgan fingerprint density at radius 2 is 1.88 bits per heavy atom. The molecule has 2 fully saturated rings. The largest absolute Gasteiger partial charge is 0.466 e. The minimum absolute atomic E-state index is 0.131. The van der Waals surface area contributed by atoms with E-state index in [2.05, 4.69) is 15.6 Å². The zero-order valence-electron chi connectivity index (χ0n) is 24.0. The van der Waals surface area contributed by atoms with Crippen LogP contribution in [0.3, 0.4) is 0 Å². The molecule has 4 rings (SSSR count). The van der Waals surface area contributed by atoms with E-state index >= 15 is 0 Å². The van der Waals surface area contributed by atoms with Gasteiger partial charge in [-0.2, -0.15) is 0 Å². The van der Waals surface area contributed by atoms with Crippen LogP contribution in [0.25, 0.3) is 0 Å². The number of halogens is 2. The van der Waals surface area contributed by atoms with Gasteiger partial charge in [-0.25, -0.2) is 9.78 Å². The van der Waals surface area contributed by atoms with Crippen molar-refractivity contribution in [1.82, 2.24) is 25.1 Å². The lowest BCUT2D eigenvalue weighted by Crippen LogP contribution is -2.56. The predicted molar refractivity (Wildman–Crippen MR) is 159 cm³/mol. The van der Waals surface area contributed by atoms with Crippen LogP contribution in [0.1, 0.15) is 63.1 Å². The average molecular weight is 607 g/mol. The number of carbonyl (C=O) groups excluding carboxylic acids is 3. The second-order valence-electron chi connectivity index (χ2n) is 11.2. The Bertz CT molecular complexity index is 1210. The van der Waals surface area contributed by atoms with Crippen LogP contribution in [0.2, 0.25) is 10.0 Å². The number of nitrogens with zero attached hydrogens (tertiary/aromatic N) is 3. The van der Waals surface area contributed by atoms with E-state index in [0.717, 1.165) is 31.4 Å². The molecule has 2 aliphatic rings. The molecule has 1 aliphatic carbocycles. The molecule has 0 radical (unpaired) electrons. The van der Waals surface area contributed by atoms with Gasteiger partial charge in [-0.15, -0.1) is 0 Å². The number of hydrogen-bond acceptors (Lipinski definition) is 5. The van der Waals surface area contributed by atoms with Gasteiger partial charge in [0.25, 0.3) is 0 Å². The number of esters is 1. The topological polar surface area (TPSA) is 106 Å². The molecule has 1 atom stereocenters. The molecule has 1 aliphatic heterocycles. The number of likely N-dealkylation sites (tertiary alicyclic amines) is 1. The van der Waals surface area contributed by atoms with Gasteiger partial charge in [-0.3, -0.25) is 9.59 Å². The molecular formula is C30H41Cl2N5O4. The van der Waals surface area contributed by atoms with Crippen molar-refractivity contribution in [3.63, 3.8) is 0 Å². The standard InChI is InChI=1S/C30H41Cl2N5O4/c1-3-41-28(39)30(22-7-5-4-6-8-22)12-15-37(16-13-30)27(38)26(17-21-9-10-23(31)18-25(21)32)35-29(40)33-14-11-24-19-36(2)20-34-24/h9-10,18-20,22,26H,3-8,11-17H2,1-2H3,(H2,33,35,40)/t26-/m1/s1. The van der Waals surface area contributed by atoms with Crippen molar-refractivity contribution in [2.75, 3.05) is 26.2 Å². The number of ether oxygens (including phenoxy) is 1. The summed E-state index contributed by atoms with van der Waals surface area (Å²) in [6.45, 7) is 3.42. The molecular weight excluding hydrogens is 565 g/mol. The van der Waals surface area contributed by atoms with Gasteiger partial charge in [0.2, 0.25) is 5.91 Å². The van der Waals surface area contributed by atoms with Crippen molar-refractivity contribution in [2.24, 2.45) is 18.4 Å². The third-order valence-electron chi connectivity index (χ3n) is 8.50. The van der Waals surface area contributed by atoms with Crippen LogP contribution in [-0.4, -0.2) is 64.6 Å². The first-order valence-corrected chi connectivity index (χ1v) is 15.4. The summed E-state index contributed by atoms with van der Waals surface area (Å²) in [5.41, 5.74) is 1.02. The van der Waals surface area contributed by atoms with Crippen molar-refractivity contribution in [3.8, 4) is 0 Å². The van der Waals surface area contributed by atoms with Crippen LogP contribution < -0.4 is 10.6 Å². The number of amides is 3. The average Bonchev–Trinajstić information content (AvgIpc) is 3.39. The van der Waals surface area contributed by atoms with Gasteiger partial charge >= 0.3 is 12.0 Å². The lowest BCUT2D eigenvalue weighted by molar-refractivity contribution is -0.166. The van der Waals surface area contributed by atoms with Crippen LogP contribution >= 0.6 is 23.2 Å². The first kappa shape index (κ1) is 31.2. The highest BCUT2D eigenvalue weighted by Gasteiger charge is 2.49. The molecule has 1 aromatic heterocycles. The fourth-order valence-electron chi connectivity index (χ4n) is 6.27. The molecule has 0 bridgehead atoms. The van der Waals surface area contributed by atoms with Gasteiger partial charge in [-0.1, -0.05) is 48.5 Å². The predicted octanol–water partition coefficient (Wildman–Crippen LogP) is 4.93. The number of hydrogen-bond donors (Lipinski definition) is 2. The Morgan fingerprint density at radius 3 is 2.51 bits per heavy atom. The number of nitrogens with one attached hydrogen (secondary N) is 2. The highest BCUT2D eigenvalue weighted by atomic mass is 35.5. The summed E-state index contributed by atoms with van der Waals surface area (Å²) in [6.07, 6.45) is 11.0. The normalized spacial score (nSPS) is 18.0. The summed E-state index contributed by atoms with van der Waals surface area (Å²) < 4.78 is 7.42. The first-order valence-electron chi connectivity index (χ1n) is 14.6. The highest BCUT2D eigenvalue weighted by molar-refractivity contribution is 6.35. The molecule has 3 amide bonds. The first-order chi connectivity index (χ1) is 19.7. The molecule has 0 unspecified atom stereocenters. The fourth-order valence-corrected chi connectivity index (χ4v) is 6.76. The summed E-state index contributed by atoms with van der Waals surface area (Å²) >= 11 is 12.5. The van der Waals surface area contributed by atoms with E-state index in [1.807, 2.05) is 24.7 Å². The number of urea groups is 1. The summed E-state index contributed by atoms with van der Waals surface area (Å²) in [5, 5.41) is 6.64. The second-order valence-corrected chi connectivity index (χ2v) is 12.1. The molecule has 9 nitrogen and oxygen atoms in total. The molecule has 11 heteroatoms. The van der Waals surface area contributed by atoms with Crippen LogP contribution in [0.15, 0.2) is 30.7 Å². The fraction of sp³-hybridized carbons (Fsp3) is 0.600. The van der Waals surface area contributed by atoms with Crippen molar-refractivity contribution in [1.29, 1.82) is 0 Å². The van der Waals surface area contributed by atoms with E-state index in [0.29, 0.717) is 61.1 Å². The van der Waals surface area contributed by atoms with Crippen molar-refractivity contribution < 1.29 is 19.1 Å². The Hall–Kier alpha value is -2.78. The Morgan fingerprint density at radius 1 is 1.15 bits per heavy atom. The van der Waals surface area contributed by atoms with E-state index in [1.165, 1.54) is 6.42 Å². The van der Waals surface area contributed by atoms with Crippen LogP contribution in [0.4, 0.5) is 4.79 Å². The molecule has 1 saturated carbocycles. The minimum atomic E-state index is -0.840. The van der Waals surface area contributed by atoms with Crippen molar-refractivity contribution >= 4 is 41.1 Å². The van der Waals surface area contributed by atoms with E-state index in [9.17, 15) is 14.4 Å². The zero-order valence-corrected chi connectivity index (χ0v) is 25.5. The maximum atomic E-state index is 13.9. The minimum Gasteiger partial charge on any atom is -0.466 e. The molecule has 0 spiro atoms. The Labute approximate surface area is 252 Å². The second kappa shape index (κ2) is 14.4. The Balaban J connectivity index is 1.45. The molecule has 1 saturated heterocycles. The molecule has 41 heavy (non-hydrogen) atoms. The molecule has 2 N–H and O–H groups in total. The SMILES string of the molecule is CCOC(=O)C1(C2CCCCC2)CCN(C(=O)[C@@H](Cc2ccc(Cl)cc2Cl)NC(=O)NCCc2cn(C)cn2)CC1. The number of imidazole rings is 1. The molecule has 224 valence electrons. The number of piperidine rings is 1. The summed E-state index contributed by atoms with van der Waals surface area (Å²) in [6, 6.07) is 3.84.